The van der Waals surface area contributed by atoms with Gasteiger partial charge in [-0.3, -0.25) is 0 Å². The maximum Gasteiger partial charge on any atom is 0.331 e. The highest BCUT2D eigenvalue weighted by Crippen LogP contribution is 2.38. The maximum atomic E-state index is 12.2. The van der Waals surface area contributed by atoms with E-state index >= 15 is 0 Å². The quantitative estimate of drug-likeness (QED) is 0.441. The summed E-state index contributed by atoms with van der Waals surface area (Å²) in [7, 11) is 0. The third kappa shape index (κ3) is 5.09. The Kier molecular flexibility index (Phi) is 5.70. The summed E-state index contributed by atoms with van der Waals surface area (Å²) in [5.74, 6) is 0.156. The second-order valence-corrected chi connectivity index (χ2v) is 7.79. The molecule has 1 saturated carbocycles. The van der Waals surface area contributed by atoms with Crippen molar-refractivity contribution in [3.8, 4) is 0 Å². The van der Waals surface area contributed by atoms with E-state index in [2.05, 4.69) is 44.7 Å². The first kappa shape index (κ1) is 20.6. The van der Waals surface area contributed by atoms with Crippen LogP contribution in [0.1, 0.15) is 47.2 Å². The number of nitrogens with zero attached hydrogens (tertiary/aromatic N) is 4. The third-order valence-electron chi connectivity index (χ3n) is 5.18. The van der Waals surface area contributed by atoms with Crippen molar-refractivity contribution in [1.82, 2.24) is 19.5 Å². The van der Waals surface area contributed by atoms with Crippen molar-refractivity contribution in [2.24, 2.45) is 0 Å². The van der Waals surface area contributed by atoms with E-state index in [-0.39, 0.29) is 18.4 Å². The van der Waals surface area contributed by atoms with Crippen molar-refractivity contribution in [3.63, 3.8) is 0 Å². The van der Waals surface area contributed by atoms with E-state index in [4.69, 9.17) is 10.5 Å². The SMILES string of the molecule is Cc1ccc(Nc2nc(N)nc(COC(=O)/C=C/c3cc(C)n(C4CC4)c3C)n2)cc1. The second kappa shape index (κ2) is 8.59. The molecule has 31 heavy (non-hydrogen) atoms. The number of nitrogen functional groups attached to an aromatic ring is 1. The Bertz CT molecular complexity index is 1130. The van der Waals surface area contributed by atoms with Crippen LogP contribution in [0.5, 0.6) is 0 Å². The number of hydrogen-bond donors (Lipinski definition) is 2. The number of carbonyl (C=O) groups is 1. The number of rotatable bonds is 7. The van der Waals surface area contributed by atoms with E-state index in [9.17, 15) is 4.79 Å². The molecular weight excluding hydrogens is 392 g/mol. The summed E-state index contributed by atoms with van der Waals surface area (Å²) in [6, 6.07) is 10.5. The Morgan fingerprint density at radius 1 is 1.19 bits per heavy atom. The van der Waals surface area contributed by atoms with Gasteiger partial charge in [0.2, 0.25) is 11.9 Å². The third-order valence-corrected chi connectivity index (χ3v) is 5.18. The molecule has 0 spiro atoms. The van der Waals surface area contributed by atoms with Gasteiger partial charge in [-0.25, -0.2) is 4.79 Å². The molecule has 2 heterocycles. The van der Waals surface area contributed by atoms with Gasteiger partial charge in [-0.05, 0) is 63.5 Å². The molecule has 160 valence electrons. The average Bonchev–Trinajstić information content (AvgIpc) is 3.51. The van der Waals surface area contributed by atoms with E-state index in [0.29, 0.717) is 12.0 Å². The van der Waals surface area contributed by atoms with Crippen molar-refractivity contribution in [1.29, 1.82) is 0 Å². The molecule has 0 amide bonds. The number of nitrogens with two attached hydrogens (primary N) is 1. The summed E-state index contributed by atoms with van der Waals surface area (Å²) in [6.07, 6.45) is 5.65. The molecule has 1 fully saturated rings. The van der Waals surface area contributed by atoms with Gasteiger partial charge in [0, 0.05) is 29.2 Å². The summed E-state index contributed by atoms with van der Waals surface area (Å²) in [6.45, 7) is 6.08. The second-order valence-electron chi connectivity index (χ2n) is 7.79. The van der Waals surface area contributed by atoms with Gasteiger partial charge in [0.1, 0.15) is 0 Å². The van der Waals surface area contributed by atoms with Crippen LogP contribution in [-0.2, 0) is 16.1 Å². The van der Waals surface area contributed by atoms with Gasteiger partial charge in [-0.15, -0.1) is 0 Å². The van der Waals surface area contributed by atoms with Gasteiger partial charge in [-0.1, -0.05) is 17.7 Å². The highest BCUT2D eigenvalue weighted by molar-refractivity contribution is 5.87. The van der Waals surface area contributed by atoms with Gasteiger partial charge >= 0.3 is 5.97 Å². The zero-order valence-electron chi connectivity index (χ0n) is 17.9. The van der Waals surface area contributed by atoms with E-state index in [1.54, 1.807) is 6.08 Å². The lowest BCUT2D eigenvalue weighted by atomic mass is 10.2. The molecule has 4 rings (SSSR count). The Hall–Kier alpha value is -3.68. The first-order valence-electron chi connectivity index (χ1n) is 10.3. The predicted molar refractivity (Wildman–Crippen MR) is 120 cm³/mol. The summed E-state index contributed by atoms with van der Waals surface area (Å²) < 4.78 is 7.63. The molecule has 0 atom stereocenters. The number of esters is 1. The van der Waals surface area contributed by atoms with Crippen LogP contribution in [0.25, 0.3) is 6.08 Å². The van der Waals surface area contributed by atoms with Crippen molar-refractivity contribution < 1.29 is 9.53 Å². The van der Waals surface area contributed by atoms with E-state index < -0.39 is 5.97 Å². The Morgan fingerprint density at radius 3 is 2.65 bits per heavy atom. The first-order chi connectivity index (χ1) is 14.9. The number of hydrogen-bond acceptors (Lipinski definition) is 7. The zero-order valence-corrected chi connectivity index (χ0v) is 17.9. The molecule has 1 aliphatic rings. The fourth-order valence-corrected chi connectivity index (χ4v) is 3.53. The molecule has 0 aliphatic heterocycles. The summed E-state index contributed by atoms with van der Waals surface area (Å²) in [4.78, 5) is 24.6. The largest absolute Gasteiger partial charge is 0.454 e. The Balaban J connectivity index is 1.38. The number of benzene rings is 1. The maximum absolute atomic E-state index is 12.2. The van der Waals surface area contributed by atoms with Crippen molar-refractivity contribution in [3.05, 3.63) is 64.7 Å². The molecule has 8 nitrogen and oxygen atoms in total. The smallest absolute Gasteiger partial charge is 0.331 e. The van der Waals surface area contributed by atoms with Crippen molar-refractivity contribution in [2.45, 2.75) is 46.3 Å². The number of aromatic nitrogens is 4. The topological polar surface area (TPSA) is 108 Å². The fourth-order valence-electron chi connectivity index (χ4n) is 3.53. The first-order valence-corrected chi connectivity index (χ1v) is 10.3. The van der Waals surface area contributed by atoms with Crippen molar-refractivity contribution in [2.75, 3.05) is 11.1 Å². The van der Waals surface area contributed by atoms with Gasteiger partial charge in [0.05, 0.1) is 0 Å². The highest BCUT2D eigenvalue weighted by Gasteiger charge is 2.26. The predicted octanol–water partition coefficient (Wildman–Crippen LogP) is 4.02. The fraction of sp³-hybridized carbons (Fsp3) is 0.304. The zero-order chi connectivity index (χ0) is 22.0. The van der Waals surface area contributed by atoms with Crippen LogP contribution in [0, 0.1) is 20.8 Å². The van der Waals surface area contributed by atoms with Crippen LogP contribution >= 0.6 is 0 Å². The molecule has 0 radical (unpaired) electrons. The molecular formula is C23H26N6O2. The standard InChI is InChI=1S/C23H26N6O2/c1-14-4-7-18(8-5-14)25-23-27-20(26-22(24)28-23)13-31-21(30)11-6-17-12-15(2)29(16(17)3)19-9-10-19/h4-8,11-12,19H,9-10,13H2,1-3H3,(H3,24,25,26,27,28)/b11-6+. The van der Waals surface area contributed by atoms with E-state index in [1.807, 2.05) is 31.2 Å². The van der Waals surface area contributed by atoms with E-state index in [0.717, 1.165) is 16.8 Å². The monoisotopic (exact) mass is 418 g/mol. The Labute approximate surface area is 181 Å². The number of carbonyl (C=O) groups excluding carboxylic acids is 1. The molecule has 3 aromatic rings. The minimum atomic E-state index is -0.469. The normalized spacial score (nSPS) is 13.5. The minimum absolute atomic E-state index is 0.0544. The summed E-state index contributed by atoms with van der Waals surface area (Å²) >= 11 is 0. The molecule has 1 aromatic carbocycles. The number of aryl methyl sites for hydroxylation is 2. The number of ether oxygens (including phenoxy) is 1. The van der Waals surface area contributed by atoms with Gasteiger partial charge < -0.3 is 20.4 Å². The van der Waals surface area contributed by atoms with Gasteiger partial charge in [0.15, 0.2) is 12.4 Å². The van der Waals surface area contributed by atoms with Crippen LogP contribution in [0.2, 0.25) is 0 Å². The molecule has 0 saturated heterocycles. The van der Waals surface area contributed by atoms with Gasteiger partial charge in [0.25, 0.3) is 0 Å². The molecule has 8 heteroatoms. The van der Waals surface area contributed by atoms with Crippen molar-refractivity contribution >= 4 is 29.6 Å². The lowest BCUT2D eigenvalue weighted by Crippen LogP contribution is -2.10. The Morgan fingerprint density at radius 2 is 1.94 bits per heavy atom. The van der Waals surface area contributed by atoms with Crippen LogP contribution in [0.3, 0.4) is 0 Å². The van der Waals surface area contributed by atoms with Crippen LogP contribution < -0.4 is 11.1 Å². The average molecular weight is 419 g/mol. The number of nitrogens with one attached hydrogen (secondary N) is 1. The van der Waals surface area contributed by atoms with Crippen LogP contribution in [-0.4, -0.2) is 25.5 Å². The molecule has 1 aliphatic carbocycles. The van der Waals surface area contributed by atoms with Crippen LogP contribution in [0.4, 0.5) is 17.6 Å². The molecule has 2 aromatic heterocycles. The van der Waals surface area contributed by atoms with Crippen LogP contribution in [0.15, 0.2) is 36.4 Å². The minimum Gasteiger partial charge on any atom is -0.454 e. The lowest BCUT2D eigenvalue weighted by molar-refractivity contribution is -0.139. The molecule has 0 bridgehead atoms. The number of anilines is 3. The molecule has 3 N–H and O–H groups in total. The van der Waals surface area contributed by atoms with E-state index in [1.165, 1.54) is 30.3 Å². The highest BCUT2D eigenvalue weighted by atomic mass is 16.5. The summed E-state index contributed by atoms with van der Waals surface area (Å²) in [5.41, 5.74) is 11.2. The summed E-state index contributed by atoms with van der Waals surface area (Å²) in [5, 5.41) is 3.08. The molecule has 0 unspecified atom stereocenters. The van der Waals surface area contributed by atoms with Gasteiger partial charge in [-0.2, -0.15) is 15.0 Å². The lowest BCUT2D eigenvalue weighted by Gasteiger charge is -2.08.